The first-order valence-corrected chi connectivity index (χ1v) is 8.85. The first-order valence-electron chi connectivity index (χ1n) is 8.85. The zero-order chi connectivity index (χ0) is 20.0. The van der Waals surface area contributed by atoms with Crippen molar-refractivity contribution < 1.29 is 19.1 Å². The van der Waals surface area contributed by atoms with E-state index in [1.807, 2.05) is 6.92 Å². The largest absolute Gasteiger partial charge is 0.481 e. The van der Waals surface area contributed by atoms with Crippen LogP contribution in [-0.4, -0.2) is 32.4 Å². The van der Waals surface area contributed by atoms with Crippen molar-refractivity contribution in [3.63, 3.8) is 0 Å². The fourth-order valence-corrected chi connectivity index (χ4v) is 2.70. The van der Waals surface area contributed by atoms with Crippen molar-refractivity contribution in [2.45, 2.75) is 52.0 Å². The van der Waals surface area contributed by atoms with Gasteiger partial charge in [0.25, 0.3) is 0 Å². The minimum atomic E-state index is -0.906. The lowest BCUT2D eigenvalue weighted by Crippen LogP contribution is -2.45. The first-order chi connectivity index (χ1) is 12.7. The highest BCUT2D eigenvalue weighted by atomic mass is 19.1. The number of carbonyl (C=O) groups is 2. The molecular formula is C19H25FN4O3. The number of nitrogens with one attached hydrogen (secondary N) is 2. The van der Waals surface area contributed by atoms with E-state index in [0.29, 0.717) is 24.2 Å². The molecule has 0 saturated heterocycles. The maximum Gasteiger partial charge on any atom is 0.319 e. The van der Waals surface area contributed by atoms with Crippen LogP contribution in [0.25, 0.3) is 5.69 Å². The quantitative estimate of drug-likeness (QED) is 0.654. The second kappa shape index (κ2) is 8.66. The average molecular weight is 376 g/mol. The fraction of sp³-hybridized carbons (Fsp3) is 0.421. The fourth-order valence-electron chi connectivity index (χ4n) is 2.70. The smallest absolute Gasteiger partial charge is 0.319 e. The van der Waals surface area contributed by atoms with Gasteiger partial charge in [0.2, 0.25) is 0 Å². The monoisotopic (exact) mass is 376 g/mol. The molecule has 0 aliphatic rings. The molecular weight excluding hydrogens is 351 g/mol. The number of benzene rings is 1. The third-order valence-electron chi connectivity index (χ3n) is 4.09. The molecule has 0 fully saturated rings. The molecule has 3 N–H and O–H groups in total. The van der Waals surface area contributed by atoms with Crippen LogP contribution in [0.15, 0.2) is 30.5 Å². The molecule has 0 atom stereocenters. The van der Waals surface area contributed by atoms with E-state index in [4.69, 9.17) is 5.11 Å². The van der Waals surface area contributed by atoms with E-state index in [-0.39, 0.29) is 12.2 Å². The van der Waals surface area contributed by atoms with Crippen LogP contribution in [0.5, 0.6) is 0 Å². The van der Waals surface area contributed by atoms with Crippen LogP contribution in [0.1, 0.15) is 45.7 Å². The highest BCUT2D eigenvalue weighted by Crippen LogP contribution is 2.22. The van der Waals surface area contributed by atoms with Crippen molar-refractivity contribution in [3.8, 4) is 5.69 Å². The van der Waals surface area contributed by atoms with Gasteiger partial charge in [0.15, 0.2) is 0 Å². The van der Waals surface area contributed by atoms with Crippen LogP contribution < -0.4 is 10.6 Å². The Balaban J connectivity index is 2.15. The summed E-state index contributed by atoms with van der Waals surface area (Å²) in [5.74, 6) is -1.24. The normalized spacial score (nSPS) is 11.3. The molecule has 1 aromatic heterocycles. The van der Waals surface area contributed by atoms with Crippen molar-refractivity contribution in [3.05, 3.63) is 42.0 Å². The lowest BCUT2D eigenvalue weighted by molar-refractivity contribution is -0.137. The molecule has 0 saturated carbocycles. The van der Waals surface area contributed by atoms with Crippen LogP contribution in [0.3, 0.4) is 0 Å². The van der Waals surface area contributed by atoms with Gasteiger partial charge in [-0.05, 0) is 51.0 Å². The molecule has 1 aromatic carbocycles. The number of amides is 2. The van der Waals surface area contributed by atoms with Gasteiger partial charge in [-0.2, -0.15) is 5.10 Å². The molecule has 0 radical (unpaired) electrons. The molecule has 2 aromatic rings. The molecule has 1 heterocycles. The van der Waals surface area contributed by atoms with Crippen molar-refractivity contribution in [1.29, 1.82) is 0 Å². The van der Waals surface area contributed by atoms with Gasteiger partial charge in [0.05, 0.1) is 23.3 Å². The molecule has 2 amide bonds. The van der Waals surface area contributed by atoms with Gasteiger partial charge in [-0.3, -0.25) is 4.79 Å². The Kier molecular flexibility index (Phi) is 6.55. The van der Waals surface area contributed by atoms with E-state index in [1.54, 1.807) is 36.9 Å². The number of carboxylic acids is 1. The summed E-state index contributed by atoms with van der Waals surface area (Å²) in [4.78, 5) is 23.1. The van der Waals surface area contributed by atoms with Gasteiger partial charge in [0, 0.05) is 12.0 Å². The Labute approximate surface area is 157 Å². The Morgan fingerprint density at radius 2 is 1.93 bits per heavy atom. The SMILES string of the molecule is CCCc1c(NC(=O)NC(C)(C)CCC(=O)O)cnn1-c1ccc(F)cc1. The summed E-state index contributed by atoms with van der Waals surface area (Å²) >= 11 is 0. The maximum atomic E-state index is 13.2. The minimum Gasteiger partial charge on any atom is -0.481 e. The van der Waals surface area contributed by atoms with Gasteiger partial charge >= 0.3 is 12.0 Å². The van der Waals surface area contributed by atoms with E-state index in [9.17, 15) is 14.0 Å². The summed E-state index contributed by atoms with van der Waals surface area (Å²) in [6.45, 7) is 5.55. The summed E-state index contributed by atoms with van der Waals surface area (Å²) in [5.41, 5.74) is 1.41. The summed E-state index contributed by atoms with van der Waals surface area (Å²) in [6, 6.07) is 5.54. The number of halogens is 1. The standard InChI is InChI=1S/C19H25FN4O3/c1-4-5-16-15(12-21-24(16)14-8-6-13(20)7-9-14)22-18(27)23-19(2,3)11-10-17(25)26/h6-9,12H,4-5,10-11H2,1-3H3,(H,25,26)(H2,22,23,27). The minimum absolute atomic E-state index is 0.0309. The van der Waals surface area contributed by atoms with Gasteiger partial charge in [-0.25, -0.2) is 13.9 Å². The predicted octanol–water partition coefficient (Wildman–Crippen LogP) is 3.73. The maximum absolute atomic E-state index is 13.2. The number of anilines is 1. The van der Waals surface area contributed by atoms with Crippen molar-refractivity contribution >= 4 is 17.7 Å². The number of carboxylic acid groups (broad SMARTS) is 1. The van der Waals surface area contributed by atoms with Crippen LogP contribution in [-0.2, 0) is 11.2 Å². The number of nitrogens with zero attached hydrogens (tertiary/aromatic N) is 2. The Morgan fingerprint density at radius 1 is 1.26 bits per heavy atom. The number of hydrogen-bond donors (Lipinski definition) is 3. The molecule has 0 aliphatic carbocycles. The molecule has 0 unspecified atom stereocenters. The topological polar surface area (TPSA) is 96.2 Å². The van der Waals surface area contributed by atoms with E-state index >= 15 is 0 Å². The third-order valence-corrected chi connectivity index (χ3v) is 4.09. The Morgan fingerprint density at radius 3 is 2.52 bits per heavy atom. The highest BCUT2D eigenvalue weighted by molar-refractivity contribution is 5.90. The second-order valence-corrected chi connectivity index (χ2v) is 7.00. The van der Waals surface area contributed by atoms with Crippen molar-refractivity contribution in [2.24, 2.45) is 0 Å². The summed E-state index contributed by atoms with van der Waals surface area (Å²) < 4.78 is 14.8. The number of aromatic nitrogens is 2. The number of urea groups is 1. The third kappa shape index (κ3) is 5.80. The highest BCUT2D eigenvalue weighted by Gasteiger charge is 2.22. The van der Waals surface area contributed by atoms with Gasteiger partial charge < -0.3 is 15.7 Å². The second-order valence-electron chi connectivity index (χ2n) is 7.00. The first kappa shape index (κ1) is 20.4. The van der Waals surface area contributed by atoms with E-state index in [0.717, 1.165) is 12.1 Å². The molecule has 0 spiro atoms. The van der Waals surface area contributed by atoms with E-state index in [1.165, 1.54) is 12.1 Å². The number of hydrogen-bond acceptors (Lipinski definition) is 3. The van der Waals surface area contributed by atoms with Crippen molar-refractivity contribution in [1.82, 2.24) is 15.1 Å². The Hall–Kier alpha value is -2.90. The number of carbonyl (C=O) groups excluding carboxylic acids is 1. The lowest BCUT2D eigenvalue weighted by Gasteiger charge is -2.25. The van der Waals surface area contributed by atoms with Crippen molar-refractivity contribution in [2.75, 3.05) is 5.32 Å². The number of rotatable bonds is 8. The van der Waals surface area contributed by atoms with E-state index in [2.05, 4.69) is 15.7 Å². The average Bonchev–Trinajstić information content (AvgIpc) is 2.96. The van der Waals surface area contributed by atoms with Gasteiger partial charge in [-0.15, -0.1) is 0 Å². The Bertz CT molecular complexity index is 800. The molecule has 2 rings (SSSR count). The van der Waals surface area contributed by atoms with Gasteiger partial charge in [-0.1, -0.05) is 13.3 Å². The predicted molar refractivity (Wildman–Crippen MR) is 101 cm³/mol. The summed E-state index contributed by atoms with van der Waals surface area (Å²) in [5, 5.41) is 18.7. The summed E-state index contributed by atoms with van der Waals surface area (Å²) in [6.07, 6.45) is 3.35. The van der Waals surface area contributed by atoms with E-state index < -0.39 is 17.5 Å². The van der Waals surface area contributed by atoms with Crippen LogP contribution >= 0.6 is 0 Å². The lowest BCUT2D eigenvalue weighted by atomic mass is 9.99. The summed E-state index contributed by atoms with van der Waals surface area (Å²) in [7, 11) is 0. The molecule has 7 nitrogen and oxygen atoms in total. The molecule has 0 aliphatic heterocycles. The molecule has 27 heavy (non-hydrogen) atoms. The molecule has 8 heteroatoms. The van der Waals surface area contributed by atoms with Crippen LogP contribution in [0.2, 0.25) is 0 Å². The molecule has 146 valence electrons. The zero-order valence-electron chi connectivity index (χ0n) is 15.8. The number of aliphatic carboxylic acids is 1. The van der Waals surface area contributed by atoms with Crippen LogP contribution in [0, 0.1) is 5.82 Å². The van der Waals surface area contributed by atoms with Gasteiger partial charge in [0.1, 0.15) is 5.82 Å². The van der Waals surface area contributed by atoms with Crippen LogP contribution in [0.4, 0.5) is 14.9 Å². The molecule has 0 bridgehead atoms. The zero-order valence-corrected chi connectivity index (χ0v) is 15.8.